The van der Waals surface area contributed by atoms with Crippen LogP contribution in [0.4, 0.5) is 0 Å². The summed E-state index contributed by atoms with van der Waals surface area (Å²) >= 11 is 17.4. The van der Waals surface area contributed by atoms with Gasteiger partial charge in [0.25, 0.3) is 5.24 Å². The summed E-state index contributed by atoms with van der Waals surface area (Å²) in [6.07, 6.45) is 0. The first-order valence-corrected chi connectivity index (χ1v) is 5.97. The van der Waals surface area contributed by atoms with E-state index < -0.39 is 5.24 Å². The minimum Gasteiger partial charge on any atom is -0.276 e. The van der Waals surface area contributed by atoms with Crippen molar-refractivity contribution in [1.29, 1.82) is 0 Å². The van der Waals surface area contributed by atoms with Crippen LogP contribution in [0.25, 0.3) is 11.1 Å². The van der Waals surface area contributed by atoms with E-state index in [1.807, 2.05) is 12.1 Å². The Labute approximate surface area is 114 Å². The van der Waals surface area contributed by atoms with Crippen molar-refractivity contribution in [3.8, 4) is 11.1 Å². The van der Waals surface area contributed by atoms with Crippen molar-refractivity contribution in [3.63, 3.8) is 0 Å². The molecule has 0 spiro atoms. The maximum absolute atomic E-state index is 10.9. The van der Waals surface area contributed by atoms with Crippen LogP contribution in [0.1, 0.15) is 10.4 Å². The Kier molecular flexibility index (Phi) is 3.72. The van der Waals surface area contributed by atoms with Crippen LogP contribution in [-0.4, -0.2) is 5.24 Å². The molecule has 0 aliphatic heterocycles. The largest absolute Gasteiger partial charge is 0.276 e. The highest BCUT2D eigenvalue weighted by molar-refractivity contribution is 6.67. The van der Waals surface area contributed by atoms with Crippen molar-refractivity contribution < 1.29 is 4.79 Å². The Bertz CT molecular complexity index is 561. The molecule has 0 N–H and O–H groups in total. The van der Waals surface area contributed by atoms with Crippen molar-refractivity contribution in [2.24, 2.45) is 0 Å². The maximum atomic E-state index is 10.9. The van der Waals surface area contributed by atoms with Crippen LogP contribution in [0.15, 0.2) is 42.5 Å². The van der Waals surface area contributed by atoms with E-state index in [1.54, 1.807) is 30.3 Å². The van der Waals surface area contributed by atoms with Crippen LogP contribution in [-0.2, 0) is 0 Å². The van der Waals surface area contributed by atoms with Gasteiger partial charge in [-0.3, -0.25) is 4.79 Å². The fraction of sp³-hybridized carbons (Fsp3) is 0. The van der Waals surface area contributed by atoms with Gasteiger partial charge in [0.1, 0.15) is 0 Å². The summed E-state index contributed by atoms with van der Waals surface area (Å²) in [5, 5.41) is 0.523. The molecule has 0 amide bonds. The summed E-state index contributed by atoms with van der Waals surface area (Å²) in [5.74, 6) is 0. The molecule has 2 rings (SSSR count). The van der Waals surface area contributed by atoms with E-state index in [0.717, 1.165) is 11.1 Å². The van der Waals surface area contributed by atoms with Crippen molar-refractivity contribution in [1.82, 2.24) is 0 Å². The fourth-order valence-electron chi connectivity index (χ4n) is 1.51. The second-order valence-electron chi connectivity index (χ2n) is 3.45. The molecule has 2 aromatic carbocycles. The highest BCUT2D eigenvalue weighted by atomic mass is 35.5. The zero-order chi connectivity index (χ0) is 12.4. The lowest BCUT2D eigenvalue weighted by atomic mass is 10.0. The molecule has 0 heterocycles. The van der Waals surface area contributed by atoms with Gasteiger partial charge in [-0.1, -0.05) is 47.5 Å². The van der Waals surface area contributed by atoms with E-state index in [9.17, 15) is 4.79 Å². The van der Waals surface area contributed by atoms with E-state index >= 15 is 0 Å². The topological polar surface area (TPSA) is 17.1 Å². The molecule has 0 fully saturated rings. The number of carbonyl (C=O) groups excluding carboxylic acids is 1. The van der Waals surface area contributed by atoms with Gasteiger partial charge < -0.3 is 0 Å². The molecule has 2 aromatic rings. The van der Waals surface area contributed by atoms with Crippen molar-refractivity contribution in [3.05, 3.63) is 58.1 Å². The second-order valence-corrected chi connectivity index (χ2v) is 4.58. The number of hydrogen-bond acceptors (Lipinski definition) is 1. The Balaban J connectivity index is 2.47. The summed E-state index contributed by atoms with van der Waals surface area (Å²) < 4.78 is 0. The molecule has 0 saturated carbocycles. The predicted molar refractivity (Wildman–Crippen MR) is 72.1 cm³/mol. The van der Waals surface area contributed by atoms with E-state index in [2.05, 4.69) is 0 Å². The molecule has 17 heavy (non-hydrogen) atoms. The minimum atomic E-state index is -0.478. The average Bonchev–Trinajstić information content (AvgIpc) is 2.33. The van der Waals surface area contributed by atoms with Gasteiger partial charge in [0, 0.05) is 11.1 Å². The molecular formula is C13H7Cl3O. The number of halogens is 3. The summed E-state index contributed by atoms with van der Waals surface area (Å²) in [7, 11) is 0. The number of carbonyl (C=O) groups is 1. The van der Waals surface area contributed by atoms with Crippen LogP contribution in [0.5, 0.6) is 0 Å². The number of benzene rings is 2. The molecule has 0 aromatic heterocycles. The van der Waals surface area contributed by atoms with Gasteiger partial charge in [0.15, 0.2) is 0 Å². The third-order valence-corrected chi connectivity index (χ3v) is 3.41. The molecule has 0 radical (unpaired) electrons. The lowest BCUT2D eigenvalue weighted by molar-refractivity contribution is 0.108. The third-order valence-electron chi connectivity index (χ3n) is 2.37. The van der Waals surface area contributed by atoms with Gasteiger partial charge in [0.05, 0.1) is 10.0 Å². The first-order chi connectivity index (χ1) is 8.09. The lowest BCUT2D eigenvalue weighted by Crippen LogP contribution is -1.88. The van der Waals surface area contributed by atoms with Crippen molar-refractivity contribution >= 4 is 40.0 Å². The maximum Gasteiger partial charge on any atom is 0.252 e. The van der Waals surface area contributed by atoms with Crippen molar-refractivity contribution in [2.45, 2.75) is 0 Å². The number of hydrogen-bond donors (Lipinski definition) is 0. The molecule has 0 aliphatic carbocycles. The summed E-state index contributed by atoms with van der Waals surface area (Å²) in [5.41, 5.74) is 2.17. The highest BCUT2D eigenvalue weighted by Gasteiger charge is 2.07. The van der Waals surface area contributed by atoms with E-state index in [-0.39, 0.29) is 0 Å². The van der Waals surface area contributed by atoms with Crippen LogP contribution < -0.4 is 0 Å². The SMILES string of the molecule is O=C(Cl)c1ccc(-c2cccc(Cl)c2Cl)cc1. The van der Waals surface area contributed by atoms with Gasteiger partial charge in [-0.25, -0.2) is 0 Å². The van der Waals surface area contributed by atoms with E-state index in [1.165, 1.54) is 0 Å². The van der Waals surface area contributed by atoms with Gasteiger partial charge in [0.2, 0.25) is 0 Å². The van der Waals surface area contributed by atoms with Crippen molar-refractivity contribution in [2.75, 3.05) is 0 Å². The fourth-order valence-corrected chi connectivity index (χ4v) is 2.04. The van der Waals surface area contributed by atoms with E-state index in [4.69, 9.17) is 34.8 Å². The Morgan fingerprint density at radius 3 is 2.18 bits per heavy atom. The molecule has 0 aliphatic rings. The molecule has 0 unspecified atom stereocenters. The highest BCUT2D eigenvalue weighted by Crippen LogP contribution is 2.33. The Morgan fingerprint density at radius 1 is 0.941 bits per heavy atom. The number of rotatable bonds is 2. The van der Waals surface area contributed by atoms with Gasteiger partial charge in [-0.05, 0) is 35.4 Å². The van der Waals surface area contributed by atoms with Crippen LogP contribution in [0, 0.1) is 0 Å². The molecule has 0 saturated heterocycles. The average molecular weight is 286 g/mol. The molecule has 86 valence electrons. The zero-order valence-corrected chi connectivity index (χ0v) is 10.9. The molecule has 1 nitrogen and oxygen atoms in total. The van der Waals surface area contributed by atoms with Crippen LogP contribution in [0.2, 0.25) is 10.0 Å². The second kappa shape index (κ2) is 5.09. The molecule has 0 atom stereocenters. The normalized spacial score (nSPS) is 10.3. The Hall–Kier alpha value is -1.02. The lowest BCUT2D eigenvalue weighted by Gasteiger charge is -2.06. The minimum absolute atomic E-state index is 0.452. The van der Waals surface area contributed by atoms with Gasteiger partial charge in [-0.15, -0.1) is 0 Å². The quantitative estimate of drug-likeness (QED) is 0.707. The van der Waals surface area contributed by atoms with Crippen LogP contribution in [0.3, 0.4) is 0 Å². The monoisotopic (exact) mass is 284 g/mol. The molecular weight excluding hydrogens is 279 g/mol. The summed E-state index contributed by atoms with van der Waals surface area (Å²) in [6, 6.07) is 12.3. The summed E-state index contributed by atoms with van der Waals surface area (Å²) in [6.45, 7) is 0. The third kappa shape index (κ3) is 2.63. The molecule has 4 heteroatoms. The molecule has 0 bridgehead atoms. The zero-order valence-electron chi connectivity index (χ0n) is 8.58. The first kappa shape index (κ1) is 12.4. The Morgan fingerprint density at radius 2 is 1.59 bits per heavy atom. The standard InChI is InChI=1S/C13H7Cl3O/c14-11-3-1-2-10(12(11)15)8-4-6-9(7-5-8)13(16)17/h1-7H. The first-order valence-electron chi connectivity index (χ1n) is 4.84. The predicted octanol–water partition coefficient (Wildman–Crippen LogP) is 5.04. The van der Waals surface area contributed by atoms with Gasteiger partial charge in [-0.2, -0.15) is 0 Å². The summed E-state index contributed by atoms with van der Waals surface area (Å²) in [4.78, 5) is 10.9. The van der Waals surface area contributed by atoms with Crippen LogP contribution >= 0.6 is 34.8 Å². The van der Waals surface area contributed by atoms with E-state index in [0.29, 0.717) is 15.6 Å². The van der Waals surface area contributed by atoms with Gasteiger partial charge >= 0.3 is 0 Å². The smallest absolute Gasteiger partial charge is 0.252 e.